The SMILES string of the molecule is CCSCC(NC)C1CCOC2(CCOCC2)C1. The molecule has 0 aromatic rings. The van der Waals surface area contributed by atoms with Gasteiger partial charge in [-0.25, -0.2) is 0 Å². The van der Waals surface area contributed by atoms with Gasteiger partial charge in [-0.15, -0.1) is 0 Å². The zero-order valence-electron chi connectivity index (χ0n) is 11.7. The highest BCUT2D eigenvalue weighted by Crippen LogP contribution is 2.38. The molecule has 4 heteroatoms. The van der Waals surface area contributed by atoms with Crippen LogP contribution in [0.1, 0.15) is 32.6 Å². The van der Waals surface area contributed by atoms with Crippen molar-refractivity contribution in [1.29, 1.82) is 0 Å². The summed E-state index contributed by atoms with van der Waals surface area (Å²) in [5.74, 6) is 3.20. The number of ether oxygens (including phenoxy) is 2. The van der Waals surface area contributed by atoms with Gasteiger partial charge in [-0.05, 0) is 44.4 Å². The zero-order chi connectivity index (χ0) is 12.8. The van der Waals surface area contributed by atoms with Gasteiger partial charge in [-0.2, -0.15) is 11.8 Å². The Balaban J connectivity index is 1.91. The molecule has 0 amide bonds. The summed E-state index contributed by atoms with van der Waals surface area (Å²) in [6, 6.07) is 0.638. The van der Waals surface area contributed by atoms with Crippen molar-refractivity contribution >= 4 is 11.8 Å². The lowest BCUT2D eigenvalue weighted by atomic mass is 9.78. The quantitative estimate of drug-likeness (QED) is 0.832. The maximum Gasteiger partial charge on any atom is 0.0729 e. The second-order valence-corrected chi connectivity index (χ2v) is 6.77. The van der Waals surface area contributed by atoms with Crippen LogP contribution in [0, 0.1) is 5.92 Å². The van der Waals surface area contributed by atoms with E-state index in [0.29, 0.717) is 6.04 Å². The van der Waals surface area contributed by atoms with Crippen LogP contribution in [0.4, 0.5) is 0 Å². The normalized spacial score (nSPS) is 29.3. The molecule has 2 aliphatic rings. The van der Waals surface area contributed by atoms with E-state index in [-0.39, 0.29) is 5.60 Å². The van der Waals surface area contributed by atoms with Crippen LogP contribution in [0.3, 0.4) is 0 Å². The summed E-state index contributed by atoms with van der Waals surface area (Å²) in [6.45, 7) is 4.92. The molecule has 1 N–H and O–H groups in total. The van der Waals surface area contributed by atoms with Crippen LogP contribution >= 0.6 is 11.8 Å². The fourth-order valence-electron chi connectivity index (χ4n) is 3.20. The monoisotopic (exact) mass is 273 g/mol. The average molecular weight is 273 g/mol. The molecule has 2 fully saturated rings. The zero-order valence-corrected chi connectivity index (χ0v) is 12.6. The molecule has 1 spiro atoms. The minimum Gasteiger partial charge on any atom is -0.381 e. The third-order valence-corrected chi connectivity index (χ3v) is 5.38. The number of rotatable bonds is 5. The van der Waals surface area contributed by atoms with Gasteiger partial charge in [0, 0.05) is 31.6 Å². The predicted octanol–water partition coefficient (Wildman–Crippen LogP) is 2.30. The molecule has 2 rings (SSSR count). The first-order chi connectivity index (χ1) is 8.79. The van der Waals surface area contributed by atoms with E-state index in [9.17, 15) is 0 Å². The van der Waals surface area contributed by atoms with Crippen molar-refractivity contribution in [2.24, 2.45) is 5.92 Å². The van der Waals surface area contributed by atoms with Gasteiger partial charge in [-0.3, -0.25) is 0 Å². The van der Waals surface area contributed by atoms with E-state index in [0.717, 1.165) is 38.6 Å². The molecule has 2 unspecified atom stereocenters. The molecular formula is C14H27NO2S. The fourth-order valence-corrected chi connectivity index (χ4v) is 4.13. The molecule has 3 nitrogen and oxygen atoms in total. The van der Waals surface area contributed by atoms with Gasteiger partial charge in [0.15, 0.2) is 0 Å². The Labute approximate surface area is 115 Å². The number of hydrogen-bond donors (Lipinski definition) is 1. The fraction of sp³-hybridized carbons (Fsp3) is 1.00. The van der Waals surface area contributed by atoms with Gasteiger partial charge >= 0.3 is 0 Å². The van der Waals surface area contributed by atoms with Crippen molar-refractivity contribution in [2.45, 2.75) is 44.2 Å². The van der Waals surface area contributed by atoms with E-state index < -0.39 is 0 Å². The van der Waals surface area contributed by atoms with E-state index in [1.165, 1.54) is 24.3 Å². The van der Waals surface area contributed by atoms with Gasteiger partial charge in [-0.1, -0.05) is 6.92 Å². The smallest absolute Gasteiger partial charge is 0.0729 e. The first-order valence-electron chi connectivity index (χ1n) is 7.26. The van der Waals surface area contributed by atoms with Gasteiger partial charge in [0.25, 0.3) is 0 Å². The largest absolute Gasteiger partial charge is 0.381 e. The maximum absolute atomic E-state index is 6.12. The van der Waals surface area contributed by atoms with Crippen LogP contribution in [0.5, 0.6) is 0 Å². The molecule has 0 aliphatic carbocycles. The average Bonchev–Trinajstić information content (AvgIpc) is 2.41. The second-order valence-electron chi connectivity index (χ2n) is 5.45. The lowest BCUT2D eigenvalue weighted by molar-refractivity contribution is -0.149. The van der Waals surface area contributed by atoms with Crippen molar-refractivity contribution in [3.63, 3.8) is 0 Å². The van der Waals surface area contributed by atoms with Crippen LogP contribution in [0.25, 0.3) is 0 Å². The highest BCUT2D eigenvalue weighted by molar-refractivity contribution is 7.99. The Morgan fingerprint density at radius 3 is 2.78 bits per heavy atom. The summed E-state index contributed by atoms with van der Waals surface area (Å²) in [7, 11) is 2.10. The van der Waals surface area contributed by atoms with Crippen molar-refractivity contribution < 1.29 is 9.47 Å². The maximum atomic E-state index is 6.12. The standard InChI is InChI=1S/C14H27NO2S/c1-3-18-11-13(15-2)12-4-7-17-14(10-12)5-8-16-9-6-14/h12-13,15H,3-11H2,1-2H3. The van der Waals surface area contributed by atoms with E-state index >= 15 is 0 Å². The summed E-state index contributed by atoms with van der Waals surface area (Å²) in [5, 5.41) is 3.52. The Morgan fingerprint density at radius 1 is 1.33 bits per heavy atom. The molecule has 2 heterocycles. The predicted molar refractivity (Wildman–Crippen MR) is 77.3 cm³/mol. The lowest BCUT2D eigenvalue weighted by Crippen LogP contribution is -2.49. The molecule has 0 saturated carbocycles. The molecule has 0 aromatic carbocycles. The third-order valence-electron chi connectivity index (χ3n) is 4.38. The van der Waals surface area contributed by atoms with Gasteiger partial charge in [0.05, 0.1) is 5.60 Å². The van der Waals surface area contributed by atoms with Gasteiger partial charge in [0.2, 0.25) is 0 Å². The van der Waals surface area contributed by atoms with Crippen molar-refractivity contribution in [1.82, 2.24) is 5.32 Å². The summed E-state index contributed by atoms with van der Waals surface area (Å²) in [6.07, 6.45) is 4.59. The number of thioether (sulfide) groups is 1. The number of nitrogens with one attached hydrogen (secondary N) is 1. The molecule has 0 radical (unpaired) electrons. The van der Waals surface area contributed by atoms with Crippen LogP contribution < -0.4 is 5.32 Å². The molecule has 18 heavy (non-hydrogen) atoms. The van der Waals surface area contributed by atoms with E-state index in [2.05, 4.69) is 19.3 Å². The van der Waals surface area contributed by atoms with Crippen molar-refractivity contribution in [2.75, 3.05) is 38.4 Å². The summed E-state index contributed by atoms with van der Waals surface area (Å²) < 4.78 is 11.6. The molecule has 2 saturated heterocycles. The Hall–Kier alpha value is 0.230. The first-order valence-corrected chi connectivity index (χ1v) is 8.42. The van der Waals surface area contributed by atoms with Crippen molar-refractivity contribution in [3.8, 4) is 0 Å². The molecule has 2 aliphatic heterocycles. The topological polar surface area (TPSA) is 30.5 Å². The van der Waals surface area contributed by atoms with E-state index in [4.69, 9.17) is 9.47 Å². The Bertz CT molecular complexity index is 238. The molecular weight excluding hydrogens is 246 g/mol. The molecule has 106 valence electrons. The van der Waals surface area contributed by atoms with Gasteiger partial charge in [0.1, 0.15) is 0 Å². The van der Waals surface area contributed by atoms with Crippen molar-refractivity contribution in [3.05, 3.63) is 0 Å². The summed E-state index contributed by atoms with van der Waals surface area (Å²) >= 11 is 2.04. The number of hydrogen-bond acceptors (Lipinski definition) is 4. The van der Waals surface area contributed by atoms with Crippen LogP contribution in [-0.4, -0.2) is 50.0 Å². The minimum atomic E-state index is 0.132. The van der Waals surface area contributed by atoms with Crippen LogP contribution in [-0.2, 0) is 9.47 Å². The highest BCUT2D eigenvalue weighted by atomic mass is 32.2. The minimum absolute atomic E-state index is 0.132. The lowest BCUT2D eigenvalue weighted by Gasteiger charge is -2.45. The molecule has 2 atom stereocenters. The second kappa shape index (κ2) is 7.13. The summed E-state index contributed by atoms with van der Waals surface area (Å²) in [5.41, 5.74) is 0.132. The molecule has 0 bridgehead atoms. The van der Waals surface area contributed by atoms with E-state index in [1.807, 2.05) is 11.8 Å². The van der Waals surface area contributed by atoms with Crippen LogP contribution in [0.15, 0.2) is 0 Å². The Morgan fingerprint density at radius 2 is 2.11 bits per heavy atom. The highest BCUT2D eigenvalue weighted by Gasteiger charge is 2.40. The Kier molecular flexibility index (Phi) is 5.80. The third kappa shape index (κ3) is 3.62. The van der Waals surface area contributed by atoms with E-state index in [1.54, 1.807) is 0 Å². The van der Waals surface area contributed by atoms with Crippen LogP contribution in [0.2, 0.25) is 0 Å². The first kappa shape index (κ1) is 14.6. The van der Waals surface area contributed by atoms with Gasteiger partial charge < -0.3 is 14.8 Å². The summed E-state index contributed by atoms with van der Waals surface area (Å²) in [4.78, 5) is 0. The molecule has 0 aromatic heterocycles.